The van der Waals surface area contributed by atoms with Crippen molar-refractivity contribution in [2.24, 2.45) is 0 Å². The van der Waals surface area contributed by atoms with Crippen molar-refractivity contribution in [2.45, 2.75) is 20.3 Å². The van der Waals surface area contributed by atoms with Gasteiger partial charge in [-0.15, -0.1) is 0 Å². The summed E-state index contributed by atoms with van der Waals surface area (Å²) in [6.45, 7) is 5.28. The summed E-state index contributed by atoms with van der Waals surface area (Å²) in [6, 6.07) is 5.23. The van der Waals surface area contributed by atoms with E-state index in [0.29, 0.717) is 31.1 Å². The van der Waals surface area contributed by atoms with Crippen molar-refractivity contribution in [3.05, 3.63) is 22.7 Å². The number of carbonyl (C=O) groups is 1. The van der Waals surface area contributed by atoms with Gasteiger partial charge in [0.15, 0.2) is 0 Å². The molecule has 0 spiro atoms. The number of aliphatic hydroxyl groups is 1. The number of nitrogens with zero attached hydrogens (tertiary/aromatic N) is 1. The van der Waals surface area contributed by atoms with Gasteiger partial charge in [-0.05, 0) is 31.5 Å². The number of urea groups is 1. The van der Waals surface area contributed by atoms with Crippen molar-refractivity contribution in [3.8, 4) is 5.75 Å². The summed E-state index contributed by atoms with van der Waals surface area (Å²) in [4.78, 5) is 13.8. The largest absolute Gasteiger partial charge is 0.492 e. The third-order valence-electron chi connectivity index (χ3n) is 2.63. The van der Waals surface area contributed by atoms with Crippen LogP contribution in [0.1, 0.15) is 20.3 Å². The second kappa shape index (κ2) is 8.81. The van der Waals surface area contributed by atoms with E-state index in [9.17, 15) is 4.79 Å². The molecule has 0 atom stereocenters. The van der Waals surface area contributed by atoms with Gasteiger partial charge in [0.05, 0.1) is 18.9 Å². The molecule has 0 heterocycles. The van der Waals surface area contributed by atoms with Crippen LogP contribution < -0.4 is 10.1 Å². The summed E-state index contributed by atoms with van der Waals surface area (Å²) in [7, 11) is 0. The van der Waals surface area contributed by atoms with Gasteiger partial charge in [-0.25, -0.2) is 4.79 Å². The van der Waals surface area contributed by atoms with Crippen LogP contribution >= 0.6 is 15.9 Å². The highest BCUT2D eigenvalue weighted by Crippen LogP contribution is 2.28. The molecule has 0 aromatic heterocycles. The van der Waals surface area contributed by atoms with E-state index in [1.54, 1.807) is 17.0 Å². The molecule has 2 amide bonds. The van der Waals surface area contributed by atoms with Crippen molar-refractivity contribution >= 4 is 27.6 Å². The third kappa shape index (κ3) is 5.02. The fraction of sp³-hybridized carbons (Fsp3) is 0.500. The van der Waals surface area contributed by atoms with Gasteiger partial charge in [-0.3, -0.25) is 0 Å². The maximum Gasteiger partial charge on any atom is 0.322 e. The van der Waals surface area contributed by atoms with Crippen molar-refractivity contribution < 1.29 is 14.6 Å². The fourth-order valence-electron chi connectivity index (χ4n) is 1.78. The second-order valence-corrected chi connectivity index (χ2v) is 5.13. The molecule has 0 saturated heterocycles. The van der Waals surface area contributed by atoms with E-state index in [-0.39, 0.29) is 12.6 Å². The van der Waals surface area contributed by atoms with E-state index in [1.165, 1.54) is 0 Å². The van der Waals surface area contributed by atoms with Crippen LogP contribution in [0.3, 0.4) is 0 Å². The molecule has 0 aliphatic heterocycles. The predicted octanol–water partition coefficient (Wildman–Crippen LogP) is 3.08. The minimum atomic E-state index is -0.236. The zero-order valence-corrected chi connectivity index (χ0v) is 13.4. The number of aliphatic hydroxyl groups excluding tert-OH is 1. The quantitative estimate of drug-likeness (QED) is 0.798. The molecule has 20 heavy (non-hydrogen) atoms. The molecule has 1 aromatic carbocycles. The molecule has 0 unspecified atom stereocenters. The monoisotopic (exact) mass is 344 g/mol. The van der Waals surface area contributed by atoms with Crippen LogP contribution in [0, 0.1) is 0 Å². The topological polar surface area (TPSA) is 61.8 Å². The highest BCUT2D eigenvalue weighted by Gasteiger charge is 2.14. The normalized spacial score (nSPS) is 10.2. The van der Waals surface area contributed by atoms with Gasteiger partial charge >= 0.3 is 6.03 Å². The predicted molar refractivity (Wildman–Crippen MR) is 83.3 cm³/mol. The number of halogens is 1. The number of anilines is 1. The molecule has 0 fully saturated rings. The summed E-state index contributed by atoms with van der Waals surface area (Å²) in [5.41, 5.74) is 0.616. The van der Waals surface area contributed by atoms with E-state index in [2.05, 4.69) is 21.2 Å². The molecule has 1 aromatic rings. The first-order chi connectivity index (χ1) is 9.62. The molecule has 112 valence electrons. The first kappa shape index (κ1) is 16.8. The number of rotatable bonds is 7. The second-order valence-electron chi connectivity index (χ2n) is 4.21. The molecule has 5 nitrogen and oxygen atoms in total. The van der Waals surface area contributed by atoms with Gasteiger partial charge in [0.25, 0.3) is 0 Å². The van der Waals surface area contributed by atoms with E-state index in [0.717, 1.165) is 10.9 Å². The summed E-state index contributed by atoms with van der Waals surface area (Å²) in [6.07, 6.45) is 0.838. The minimum absolute atomic E-state index is 0.0514. The SMILES string of the molecule is CCCN(CCO)C(=O)Nc1cc(Br)ccc1OCC. The zero-order chi connectivity index (χ0) is 15.0. The molecular weight excluding hydrogens is 324 g/mol. The highest BCUT2D eigenvalue weighted by molar-refractivity contribution is 9.10. The minimum Gasteiger partial charge on any atom is -0.492 e. The van der Waals surface area contributed by atoms with Gasteiger partial charge in [0, 0.05) is 17.6 Å². The number of ether oxygens (including phenoxy) is 1. The van der Waals surface area contributed by atoms with Crippen molar-refractivity contribution in [2.75, 3.05) is 31.6 Å². The Labute approximate surface area is 128 Å². The van der Waals surface area contributed by atoms with E-state index >= 15 is 0 Å². The van der Waals surface area contributed by atoms with Gasteiger partial charge in [-0.2, -0.15) is 0 Å². The van der Waals surface area contributed by atoms with Gasteiger partial charge in [0.2, 0.25) is 0 Å². The van der Waals surface area contributed by atoms with E-state index in [1.807, 2.05) is 19.9 Å². The summed E-state index contributed by atoms with van der Waals surface area (Å²) in [5.74, 6) is 0.629. The highest BCUT2D eigenvalue weighted by atomic mass is 79.9. The lowest BCUT2D eigenvalue weighted by atomic mass is 10.3. The van der Waals surface area contributed by atoms with Gasteiger partial charge < -0.3 is 20.1 Å². The molecule has 0 bridgehead atoms. The van der Waals surface area contributed by atoms with Crippen LogP contribution in [0.15, 0.2) is 22.7 Å². The first-order valence-corrected chi connectivity index (χ1v) is 7.50. The molecule has 0 saturated carbocycles. The van der Waals surface area contributed by atoms with Crippen LogP contribution in [0.5, 0.6) is 5.75 Å². The van der Waals surface area contributed by atoms with Gasteiger partial charge in [0.1, 0.15) is 5.75 Å². The average molecular weight is 345 g/mol. The van der Waals surface area contributed by atoms with Crippen LogP contribution in [0.4, 0.5) is 10.5 Å². The summed E-state index contributed by atoms with van der Waals surface area (Å²) in [5, 5.41) is 11.8. The molecule has 2 N–H and O–H groups in total. The lowest BCUT2D eigenvalue weighted by molar-refractivity contribution is 0.188. The third-order valence-corrected chi connectivity index (χ3v) is 3.13. The summed E-state index contributed by atoms with van der Waals surface area (Å²) >= 11 is 3.38. The van der Waals surface area contributed by atoms with E-state index < -0.39 is 0 Å². The Hall–Kier alpha value is -1.27. The zero-order valence-electron chi connectivity index (χ0n) is 11.9. The van der Waals surface area contributed by atoms with Crippen molar-refractivity contribution in [1.29, 1.82) is 0 Å². The number of hydrogen-bond donors (Lipinski definition) is 2. The van der Waals surface area contributed by atoms with Crippen molar-refractivity contribution in [1.82, 2.24) is 4.90 Å². The fourth-order valence-corrected chi connectivity index (χ4v) is 2.14. The number of nitrogens with one attached hydrogen (secondary N) is 1. The standard InChI is InChI=1S/C14H21BrN2O3/c1-3-7-17(8-9-18)14(19)16-12-10-11(15)5-6-13(12)20-4-2/h5-6,10,18H,3-4,7-9H2,1-2H3,(H,16,19). The smallest absolute Gasteiger partial charge is 0.322 e. The number of benzene rings is 1. The molecule has 6 heteroatoms. The molecule has 0 aliphatic rings. The van der Waals surface area contributed by atoms with Crippen molar-refractivity contribution in [3.63, 3.8) is 0 Å². The van der Waals surface area contributed by atoms with Crippen LogP contribution in [0.2, 0.25) is 0 Å². The number of amides is 2. The average Bonchev–Trinajstić information content (AvgIpc) is 2.41. The Balaban J connectivity index is 2.84. The Morgan fingerprint density at radius 3 is 2.75 bits per heavy atom. The molecule has 0 radical (unpaired) electrons. The van der Waals surface area contributed by atoms with Crippen LogP contribution in [-0.4, -0.2) is 42.3 Å². The van der Waals surface area contributed by atoms with E-state index in [4.69, 9.17) is 9.84 Å². The van der Waals surface area contributed by atoms with Crippen LogP contribution in [0.25, 0.3) is 0 Å². The molecular formula is C14H21BrN2O3. The molecule has 0 aliphatic carbocycles. The Morgan fingerprint density at radius 2 is 2.15 bits per heavy atom. The lowest BCUT2D eigenvalue weighted by Gasteiger charge is -2.22. The Bertz CT molecular complexity index is 434. The Morgan fingerprint density at radius 1 is 1.40 bits per heavy atom. The van der Waals surface area contributed by atoms with Crippen LogP contribution in [-0.2, 0) is 0 Å². The summed E-state index contributed by atoms with van der Waals surface area (Å²) < 4.78 is 6.35. The first-order valence-electron chi connectivity index (χ1n) is 6.71. The molecule has 1 rings (SSSR count). The number of hydrogen-bond acceptors (Lipinski definition) is 3. The van der Waals surface area contributed by atoms with Gasteiger partial charge in [-0.1, -0.05) is 22.9 Å². The maximum absolute atomic E-state index is 12.2. The number of carbonyl (C=O) groups excluding carboxylic acids is 1. The Kier molecular flexibility index (Phi) is 7.40. The maximum atomic E-state index is 12.2. The lowest BCUT2D eigenvalue weighted by Crippen LogP contribution is -2.37.